The van der Waals surface area contributed by atoms with Crippen molar-refractivity contribution in [3.63, 3.8) is 0 Å². The van der Waals surface area contributed by atoms with Gasteiger partial charge in [-0.2, -0.15) is 0 Å². The number of hydrogen-bond donors (Lipinski definition) is 1. The number of carbonyl (C=O) groups is 1. The molecule has 7 nitrogen and oxygen atoms in total. The molecule has 1 aliphatic heterocycles. The molecular weight excluding hydrogens is 332 g/mol. The Morgan fingerprint density at radius 1 is 1.12 bits per heavy atom. The summed E-state index contributed by atoms with van der Waals surface area (Å²) in [7, 11) is 3.20. The molecule has 0 spiro atoms. The first-order valence-electron chi connectivity index (χ1n) is 8.77. The van der Waals surface area contributed by atoms with E-state index in [1.54, 1.807) is 26.4 Å². The van der Waals surface area contributed by atoms with Gasteiger partial charge in [0.2, 0.25) is 0 Å². The zero-order valence-electron chi connectivity index (χ0n) is 15.2. The Kier molecular flexibility index (Phi) is 5.88. The molecule has 0 saturated carbocycles. The molecular formula is C19H24N4O3. The number of nitrogens with one attached hydrogen (secondary N) is 1. The average Bonchev–Trinajstić information content (AvgIpc) is 2.72. The van der Waals surface area contributed by atoms with Crippen molar-refractivity contribution in [2.24, 2.45) is 0 Å². The normalized spacial score (nSPS) is 14.0. The van der Waals surface area contributed by atoms with Crippen molar-refractivity contribution in [2.75, 3.05) is 32.2 Å². The van der Waals surface area contributed by atoms with Crippen molar-refractivity contribution in [1.82, 2.24) is 15.3 Å². The summed E-state index contributed by atoms with van der Waals surface area (Å²) < 4.78 is 10.5. The molecule has 1 aliphatic rings. The number of aromatic nitrogens is 2. The Balaban J connectivity index is 1.67. The number of hydrogen-bond acceptors (Lipinski definition) is 6. The van der Waals surface area contributed by atoms with Crippen LogP contribution in [0.3, 0.4) is 0 Å². The Hall–Kier alpha value is -2.83. The van der Waals surface area contributed by atoms with Gasteiger partial charge in [0.15, 0.2) is 0 Å². The van der Waals surface area contributed by atoms with Crippen LogP contribution in [0.2, 0.25) is 0 Å². The maximum atomic E-state index is 12.5. The number of ether oxygens (including phenoxy) is 2. The molecule has 2 heterocycles. The lowest BCUT2D eigenvalue weighted by molar-refractivity contribution is 0.0945. The van der Waals surface area contributed by atoms with Crippen LogP contribution in [0.1, 0.15) is 35.3 Å². The summed E-state index contributed by atoms with van der Waals surface area (Å²) in [6.07, 6.45) is 5.01. The molecule has 0 bridgehead atoms. The fraction of sp³-hybridized carbons (Fsp3) is 0.421. The molecule has 0 aliphatic carbocycles. The molecule has 1 aromatic heterocycles. The van der Waals surface area contributed by atoms with Gasteiger partial charge in [-0.25, -0.2) is 9.97 Å². The molecule has 0 radical (unpaired) electrons. The summed E-state index contributed by atoms with van der Waals surface area (Å²) in [5, 5.41) is 2.89. The van der Waals surface area contributed by atoms with Crippen LogP contribution < -0.4 is 19.7 Å². The van der Waals surface area contributed by atoms with Gasteiger partial charge in [0, 0.05) is 37.3 Å². The lowest BCUT2D eigenvalue weighted by Crippen LogP contribution is -2.31. The lowest BCUT2D eigenvalue weighted by atomic mass is 10.1. The van der Waals surface area contributed by atoms with Crippen molar-refractivity contribution in [2.45, 2.75) is 25.8 Å². The van der Waals surface area contributed by atoms with Crippen LogP contribution in [0, 0.1) is 0 Å². The van der Waals surface area contributed by atoms with Crippen LogP contribution in [-0.4, -0.2) is 43.2 Å². The predicted molar refractivity (Wildman–Crippen MR) is 98.8 cm³/mol. The standard InChI is InChI=1S/C19H24N4O3/c1-25-15-7-6-14(17(10-15)26-2)12-20-19(24)16-11-18(22-13-21-16)23-8-4-3-5-9-23/h6-7,10-11,13H,3-5,8-9,12H2,1-2H3,(H,20,24). The molecule has 1 saturated heterocycles. The Bertz CT molecular complexity index is 760. The largest absolute Gasteiger partial charge is 0.497 e. The van der Waals surface area contributed by atoms with Gasteiger partial charge >= 0.3 is 0 Å². The minimum absolute atomic E-state index is 0.233. The Morgan fingerprint density at radius 3 is 2.65 bits per heavy atom. The van der Waals surface area contributed by atoms with Gasteiger partial charge in [-0.3, -0.25) is 4.79 Å². The third-order valence-corrected chi connectivity index (χ3v) is 4.50. The van der Waals surface area contributed by atoms with Gasteiger partial charge in [-0.15, -0.1) is 0 Å². The fourth-order valence-corrected chi connectivity index (χ4v) is 3.03. The minimum atomic E-state index is -0.233. The van der Waals surface area contributed by atoms with Gasteiger partial charge in [-0.05, 0) is 31.4 Å². The van der Waals surface area contributed by atoms with E-state index in [1.165, 1.54) is 12.7 Å². The summed E-state index contributed by atoms with van der Waals surface area (Å²) in [5.74, 6) is 1.95. The summed E-state index contributed by atoms with van der Waals surface area (Å²) >= 11 is 0. The van der Waals surface area contributed by atoms with Crippen molar-refractivity contribution < 1.29 is 14.3 Å². The van der Waals surface area contributed by atoms with Crippen molar-refractivity contribution in [3.05, 3.63) is 41.9 Å². The van der Waals surface area contributed by atoms with E-state index in [2.05, 4.69) is 20.2 Å². The highest BCUT2D eigenvalue weighted by Gasteiger charge is 2.15. The monoisotopic (exact) mass is 356 g/mol. The number of piperidine rings is 1. The van der Waals surface area contributed by atoms with E-state index in [-0.39, 0.29) is 5.91 Å². The highest BCUT2D eigenvalue weighted by Crippen LogP contribution is 2.24. The minimum Gasteiger partial charge on any atom is -0.497 e. The first-order valence-corrected chi connectivity index (χ1v) is 8.77. The van der Waals surface area contributed by atoms with Gasteiger partial charge in [0.1, 0.15) is 29.3 Å². The first kappa shape index (κ1) is 18.0. The summed E-state index contributed by atoms with van der Waals surface area (Å²) in [4.78, 5) is 23.1. The maximum absolute atomic E-state index is 12.5. The third-order valence-electron chi connectivity index (χ3n) is 4.50. The number of anilines is 1. The average molecular weight is 356 g/mol. The van der Waals surface area contributed by atoms with E-state index in [0.29, 0.717) is 23.7 Å². The van der Waals surface area contributed by atoms with Crippen LogP contribution in [-0.2, 0) is 6.54 Å². The van der Waals surface area contributed by atoms with E-state index in [0.717, 1.165) is 37.3 Å². The molecule has 3 rings (SSSR count). The number of rotatable bonds is 6. The van der Waals surface area contributed by atoms with Crippen LogP contribution in [0.15, 0.2) is 30.6 Å². The highest BCUT2D eigenvalue weighted by atomic mass is 16.5. The molecule has 26 heavy (non-hydrogen) atoms. The van der Waals surface area contributed by atoms with E-state index in [4.69, 9.17) is 9.47 Å². The lowest BCUT2D eigenvalue weighted by Gasteiger charge is -2.27. The van der Waals surface area contributed by atoms with Crippen molar-refractivity contribution in [1.29, 1.82) is 0 Å². The van der Waals surface area contributed by atoms with Gasteiger partial charge in [0.25, 0.3) is 5.91 Å². The second kappa shape index (κ2) is 8.51. The topological polar surface area (TPSA) is 76.6 Å². The van der Waals surface area contributed by atoms with Crippen molar-refractivity contribution >= 4 is 11.7 Å². The number of benzene rings is 1. The van der Waals surface area contributed by atoms with Crippen LogP contribution in [0.4, 0.5) is 5.82 Å². The third kappa shape index (κ3) is 4.22. The maximum Gasteiger partial charge on any atom is 0.270 e. The molecule has 1 amide bonds. The quantitative estimate of drug-likeness (QED) is 0.857. The van der Waals surface area contributed by atoms with E-state index in [9.17, 15) is 4.79 Å². The van der Waals surface area contributed by atoms with Crippen LogP contribution >= 0.6 is 0 Å². The number of amides is 1. The molecule has 7 heteroatoms. The van der Waals surface area contributed by atoms with Crippen LogP contribution in [0.25, 0.3) is 0 Å². The van der Waals surface area contributed by atoms with Gasteiger partial charge < -0.3 is 19.7 Å². The van der Waals surface area contributed by atoms with Gasteiger partial charge in [-0.1, -0.05) is 0 Å². The Morgan fingerprint density at radius 2 is 1.92 bits per heavy atom. The second-order valence-electron chi connectivity index (χ2n) is 6.17. The molecule has 2 aromatic rings. The number of carbonyl (C=O) groups excluding carboxylic acids is 1. The van der Waals surface area contributed by atoms with Crippen LogP contribution in [0.5, 0.6) is 11.5 Å². The fourth-order valence-electron chi connectivity index (χ4n) is 3.03. The zero-order valence-corrected chi connectivity index (χ0v) is 15.2. The summed E-state index contributed by atoms with van der Waals surface area (Å²) in [6, 6.07) is 7.26. The highest BCUT2D eigenvalue weighted by molar-refractivity contribution is 5.92. The van der Waals surface area contributed by atoms with Gasteiger partial charge in [0.05, 0.1) is 14.2 Å². The SMILES string of the molecule is COc1ccc(CNC(=O)c2cc(N3CCCCC3)ncn2)c(OC)c1. The smallest absolute Gasteiger partial charge is 0.270 e. The summed E-state index contributed by atoms with van der Waals surface area (Å²) in [5.41, 5.74) is 1.24. The summed E-state index contributed by atoms with van der Waals surface area (Å²) in [6.45, 7) is 2.29. The molecule has 0 atom stereocenters. The molecule has 0 unspecified atom stereocenters. The number of nitrogens with zero attached hydrogens (tertiary/aromatic N) is 3. The van der Waals surface area contributed by atoms with E-state index in [1.807, 2.05) is 12.1 Å². The molecule has 138 valence electrons. The predicted octanol–water partition coefficient (Wildman–Crippen LogP) is 2.41. The molecule has 1 fully saturated rings. The first-order chi connectivity index (χ1) is 12.7. The molecule has 1 aromatic carbocycles. The molecule has 1 N–H and O–H groups in total. The number of methoxy groups -OCH3 is 2. The Labute approximate surface area is 153 Å². The zero-order chi connectivity index (χ0) is 18.4. The van der Waals surface area contributed by atoms with E-state index < -0.39 is 0 Å². The van der Waals surface area contributed by atoms with E-state index >= 15 is 0 Å². The second-order valence-corrected chi connectivity index (χ2v) is 6.17. The van der Waals surface area contributed by atoms with Crippen molar-refractivity contribution in [3.8, 4) is 11.5 Å².